The molecule has 3 aromatic carbocycles. The van der Waals surface area contributed by atoms with Gasteiger partial charge < -0.3 is 9.26 Å². The summed E-state index contributed by atoms with van der Waals surface area (Å²) < 4.78 is 12.8. The summed E-state index contributed by atoms with van der Waals surface area (Å²) in [5, 5.41) is 9.72. The fraction of sp³-hybridized carbons (Fsp3) is 0.0833. The third-order valence-corrected chi connectivity index (χ3v) is 5.05. The van der Waals surface area contributed by atoms with Crippen molar-refractivity contribution in [1.82, 2.24) is 14.9 Å². The summed E-state index contributed by atoms with van der Waals surface area (Å²) in [5.41, 5.74) is 6.06. The van der Waals surface area contributed by atoms with Crippen LogP contribution in [0.25, 0.3) is 39.2 Å². The number of aryl methyl sites for hydroxylation is 1. The van der Waals surface area contributed by atoms with Crippen molar-refractivity contribution in [3.8, 4) is 34.0 Å². The van der Waals surface area contributed by atoms with Gasteiger partial charge in [-0.05, 0) is 49.4 Å². The van der Waals surface area contributed by atoms with Crippen LogP contribution in [-0.4, -0.2) is 22.0 Å². The maximum atomic E-state index is 5.67. The SMILES string of the molecule is COc1ccc(-n2nccc2-c2ccc3noc(-c4ccc(C)cc4)c3c2)cc1. The van der Waals surface area contributed by atoms with Crippen LogP contribution in [0, 0.1) is 6.92 Å². The zero-order valence-electron chi connectivity index (χ0n) is 16.2. The Bertz CT molecular complexity index is 1280. The minimum Gasteiger partial charge on any atom is -0.497 e. The van der Waals surface area contributed by atoms with Gasteiger partial charge in [0.05, 0.1) is 30.1 Å². The molecule has 0 fully saturated rings. The van der Waals surface area contributed by atoms with Crippen LogP contribution in [0.15, 0.2) is 83.5 Å². The van der Waals surface area contributed by atoms with Gasteiger partial charge in [0, 0.05) is 11.1 Å². The van der Waals surface area contributed by atoms with Crippen molar-refractivity contribution < 1.29 is 9.26 Å². The highest BCUT2D eigenvalue weighted by atomic mass is 16.5. The first-order chi connectivity index (χ1) is 14.2. The molecule has 142 valence electrons. The molecule has 29 heavy (non-hydrogen) atoms. The van der Waals surface area contributed by atoms with E-state index in [1.807, 2.05) is 47.1 Å². The average Bonchev–Trinajstić information content (AvgIpc) is 3.41. The number of nitrogens with zero attached hydrogens (tertiary/aromatic N) is 3. The van der Waals surface area contributed by atoms with Crippen LogP contribution in [0.2, 0.25) is 0 Å². The Labute approximate surface area is 168 Å². The minimum atomic E-state index is 0.775. The van der Waals surface area contributed by atoms with Crippen LogP contribution in [-0.2, 0) is 0 Å². The Kier molecular flexibility index (Phi) is 4.13. The molecule has 5 aromatic rings. The smallest absolute Gasteiger partial charge is 0.174 e. The normalized spacial score (nSPS) is 11.1. The van der Waals surface area contributed by atoms with E-state index in [1.165, 1.54) is 5.56 Å². The number of ether oxygens (including phenoxy) is 1. The van der Waals surface area contributed by atoms with Gasteiger partial charge in [0.25, 0.3) is 0 Å². The van der Waals surface area contributed by atoms with Crippen molar-refractivity contribution in [2.45, 2.75) is 6.92 Å². The van der Waals surface area contributed by atoms with Gasteiger partial charge in [0.15, 0.2) is 5.76 Å². The molecule has 0 bridgehead atoms. The molecule has 2 aromatic heterocycles. The van der Waals surface area contributed by atoms with Crippen LogP contribution in [0.5, 0.6) is 5.75 Å². The molecule has 0 aliphatic rings. The molecular weight excluding hydrogens is 362 g/mol. The van der Waals surface area contributed by atoms with E-state index >= 15 is 0 Å². The molecule has 0 radical (unpaired) electrons. The highest BCUT2D eigenvalue weighted by Crippen LogP contribution is 2.33. The van der Waals surface area contributed by atoms with Crippen LogP contribution >= 0.6 is 0 Å². The van der Waals surface area contributed by atoms with Crippen LogP contribution in [0.3, 0.4) is 0 Å². The predicted octanol–water partition coefficient (Wildman–Crippen LogP) is 5.66. The fourth-order valence-corrected chi connectivity index (χ4v) is 3.47. The molecule has 5 rings (SSSR count). The lowest BCUT2D eigenvalue weighted by atomic mass is 10.0. The molecule has 0 saturated carbocycles. The minimum absolute atomic E-state index is 0.775. The van der Waals surface area contributed by atoms with Gasteiger partial charge in [0.1, 0.15) is 11.3 Å². The van der Waals surface area contributed by atoms with Gasteiger partial charge in [-0.25, -0.2) is 4.68 Å². The standard InChI is InChI=1S/C24H19N3O2/c1-16-3-5-17(6-4-16)24-21-15-18(7-12-22(21)26-29-24)23-13-14-25-27(23)19-8-10-20(28-2)11-9-19/h3-15H,1-2H3. The first-order valence-electron chi connectivity index (χ1n) is 9.38. The van der Waals surface area contributed by atoms with E-state index in [4.69, 9.17) is 9.26 Å². The molecule has 0 spiro atoms. The number of aromatic nitrogens is 3. The zero-order chi connectivity index (χ0) is 19.8. The van der Waals surface area contributed by atoms with Crippen molar-refractivity contribution >= 4 is 10.9 Å². The third kappa shape index (κ3) is 3.06. The number of rotatable bonds is 4. The summed E-state index contributed by atoms with van der Waals surface area (Å²) in [5.74, 6) is 1.59. The van der Waals surface area contributed by atoms with E-state index in [9.17, 15) is 0 Å². The first kappa shape index (κ1) is 17.3. The fourth-order valence-electron chi connectivity index (χ4n) is 3.47. The maximum absolute atomic E-state index is 5.67. The van der Waals surface area contributed by atoms with E-state index in [0.29, 0.717) is 0 Å². The molecule has 0 aliphatic carbocycles. The zero-order valence-corrected chi connectivity index (χ0v) is 16.2. The van der Waals surface area contributed by atoms with Crippen molar-refractivity contribution in [2.75, 3.05) is 7.11 Å². The van der Waals surface area contributed by atoms with E-state index < -0.39 is 0 Å². The summed E-state index contributed by atoms with van der Waals surface area (Å²) >= 11 is 0. The summed E-state index contributed by atoms with van der Waals surface area (Å²) in [4.78, 5) is 0. The van der Waals surface area contributed by atoms with Crippen molar-refractivity contribution in [3.63, 3.8) is 0 Å². The second-order valence-corrected chi connectivity index (χ2v) is 6.94. The number of hydrogen-bond acceptors (Lipinski definition) is 4. The molecule has 2 heterocycles. The van der Waals surface area contributed by atoms with Crippen LogP contribution in [0.1, 0.15) is 5.56 Å². The first-order valence-corrected chi connectivity index (χ1v) is 9.38. The Morgan fingerprint density at radius 1 is 0.862 bits per heavy atom. The van der Waals surface area contributed by atoms with E-state index in [0.717, 1.165) is 44.9 Å². The second-order valence-electron chi connectivity index (χ2n) is 6.94. The second kappa shape index (κ2) is 6.95. The third-order valence-electron chi connectivity index (χ3n) is 5.05. The molecule has 0 aliphatic heterocycles. The van der Waals surface area contributed by atoms with E-state index in [2.05, 4.69) is 47.5 Å². The highest BCUT2D eigenvalue weighted by Gasteiger charge is 2.14. The summed E-state index contributed by atoms with van der Waals surface area (Å²) in [6.45, 7) is 2.07. The lowest BCUT2D eigenvalue weighted by Gasteiger charge is -2.09. The van der Waals surface area contributed by atoms with Crippen molar-refractivity contribution in [3.05, 3.63) is 84.6 Å². The summed E-state index contributed by atoms with van der Waals surface area (Å²) in [7, 11) is 1.66. The Balaban J connectivity index is 1.60. The van der Waals surface area contributed by atoms with Gasteiger partial charge in [0.2, 0.25) is 0 Å². The summed E-state index contributed by atoms with van der Waals surface area (Å²) in [6.07, 6.45) is 1.80. The molecule has 0 atom stereocenters. The van der Waals surface area contributed by atoms with Gasteiger partial charge in [-0.15, -0.1) is 0 Å². The van der Waals surface area contributed by atoms with Crippen molar-refractivity contribution in [2.24, 2.45) is 0 Å². The van der Waals surface area contributed by atoms with Gasteiger partial charge in [-0.3, -0.25) is 0 Å². The predicted molar refractivity (Wildman–Crippen MR) is 113 cm³/mol. The van der Waals surface area contributed by atoms with Crippen LogP contribution < -0.4 is 4.74 Å². The maximum Gasteiger partial charge on any atom is 0.174 e. The quantitative estimate of drug-likeness (QED) is 0.403. The van der Waals surface area contributed by atoms with Crippen LogP contribution in [0.4, 0.5) is 0 Å². The highest BCUT2D eigenvalue weighted by molar-refractivity contribution is 5.94. The number of hydrogen-bond donors (Lipinski definition) is 0. The van der Waals surface area contributed by atoms with E-state index in [-0.39, 0.29) is 0 Å². The Morgan fingerprint density at radius 3 is 2.38 bits per heavy atom. The van der Waals surface area contributed by atoms with Crippen molar-refractivity contribution in [1.29, 1.82) is 0 Å². The Morgan fingerprint density at radius 2 is 1.62 bits per heavy atom. The lowest BCUT2D eigenvalue weighted by Crippen LogP contribution is -1.98. The molecule has 0 amide bonds. The lowest BCUT2D eigenvalue weighted by molar-refractivity contribution is 0.414. The van der Waals surface area contributed by atoms with E-state index in [1.54, 1.807) is 13.3 Å². The molecule has 0 saturated heterocycles. The average molecular weight is 381 g/mol. The number of methoxy groups -OCH3 is 1. The van der Waals surface area contributed by atoms with Gasteiger partial charge >= 0.3 is 0 Å². The molecule has 5 heteroatoms. The van der Waals surface area contributed by atoms with Gasteiger partial charge in [-0.2, -0.15) is 5.10 Å². The van der Waals surface area contributed by atoms with Gasteiger partial charge in [-0.1, -0.05) is 41.1 Å². The molecule has 5 nitrogen and oxygen atoms in total. The largest absolute Gasteiger partial charge is 0.497 e. The molecular formula is C24H19N3O2. The number of benzene rings is 3. The Hall–Kier alpha value is -3.86. The molecule has 0 unspecified atom stereocenters. The molecule has 0 N–H and O–H groups in total. The summed E-state index contributed by atoms with van der Waals surface area (Å²) in [6, 6.07) is 24.3. The monoisotopic (exact) mass is 381 g/mol. The topological polar surface area (TPSA) is 53.1 Å². The number of fused-ring (bicyclic) bond motifs is 1.